The summed E-state index contributed by atoms with van der Waals surface area (Å²) in [6, 6.07) is 6.25. The summed E-state index contributed by atoms with van der Waals surface area (Å²) in [6.07, 6.45) is 0.939. The maximum Gasteiger partial charge on any atom is 0.122 e. The Bertz CT molecular complexity index is 587. The van der Waals surface area contributed by atoms with Gasteiger partial charge in [0.15, 0.2) is 0 Å². The first-order valence-corrected chi connectivity index (χ1v) is 6.52. The fourth-order valence-electron chi connectivity index (χ4n) is 2.41. The SMILES string of the molecule is CCc1cc(-c2c(CN)nn(C)c2C)ccc1OC. The van der Waals surface area contributed by atoms with Crippen molar-refractivity contribution >= 4 is 0 Å². The van der Waals surface area contributed by atoms with E-state index in [1.54, 1.807) is 7.11 Å². The minimum atomic E-state index is 0.449. The van der Waals surface area contributed by atoms with E-state index < -0.39 is 0 Å². The highest BCUT2D eigenvalue weighted by molar-refractivity contribution is 5.70. The van der Waals surface area contributed by atoms with Gasteiger partial charge in [0.05, 0.1) is 12.8 Å². The smallest absolute Gasteiger partial charge is 0.122 e. The molecule has 0 aliphatic rings. The molecule has 0 saturated carbocycles. The largest absolute Gasteiger partial charge is 0.496 e. The summed E-state index contributed by atoms with van der Waals surface area (Å²) in [5.41, 5.74) is 11.4. The van der Waals surface area contributed by atoms with E-state index in [1.165, 1.54) is 5.56 Å². The Morgan fingerprint density at radius 3 is 2.68 bits per heavy atom. The molecule has 0 radical (unpaired) electrons. The summed E-state index contributed by atoms with van der Waals surface area (Å²) in [4.78, 5) is 0. The minimum Gasteiger partial charge on any atom is -0.496 e. The third-order valence-electron chi connectivity index (χ3n) is 3.55. The van der Waals surface area contributed by atoms with Gasteiger partial charge in [0, 0.05) is 24.8 Å². The highest BCUT2D eigenvalue weighted by Crippen LogP contribution is 2.31. The van der Waals surface area contributed by atoms with E-state index in [9.17, 15) is 0 Å². The van der Waals surface area contributed by atoms with Gasteiger partial charge in [-0.05, 0) is 36.6 Å². The van der Waals surface area contributed by atoms with Gasteiger partial charge in [0.1, 0.15) is 5.75 Å². The third kappa shape index (κ3) is 2.36. The molecule has 4 nitrogen and oxygen atoms in total. The fraction of sp³-hybridized carbons (Fsp3) is 0.400. The van der Waals surface area contributed by atoms with Crippen molar-refractivity contribution in [3.63, 3.8) is 0 Å². The summed E-state index contributed by atoms with van der Waals surface area (Å²) in [6.45, 7) is 4.64. The summed E-state index contributed by atoms with van der Waals surface area (Å²) < 4.78 is 7.26. The molecule has 1 aromatic carbocycles. The predicted octanol–water partition coefficient (Wildman–Crippen LogP) is 2.43. The van der Waals surface area contributed by atoms with Gasteiger partial charge in [-0.1, -0.05) is 13.0 Å². The van der Waals surface area contributed by atoms with Gasteiger partial charge in [-0.25, -0.2) is 0 Å². The molecular weight excluding hydrogens is 238 g/mol. The van der Waals surface area contributed by atoms with Crippen molar-refractivity contribution in [2.75, 3.05) is 7.11 Å². The first kappa shape index (κ1) is 13.6. The van der Waals surface area contributed by atoms with Crippen molar-refractivity contribution < 1.29 is 4.74 Å². The summed E-state index contributed by atoms with van der Waals surface area (Å²) in [7, 11) is 3.65. The molecule has 2 N–H and O–H groups in total. The lowest BCUT2D eigenvalue weighted by Gasteiger charge is -2.10. The van der Waals surface area contributed by atoms with Crippen LogP contribution in [-0.4, -0.2) is 16.9 Å². The van der Waals surface area contributed by atoms with Crippen LogP contribution in [0.3, 0.4) is 0 Å². The van der Waals surface area contributed by atoms with Crippen molar-refractivity contribution in [1.82, 2.24) is 9.78 Å². The zero-order valence-corrected chi connectivity index (χ0v) is 12.0. The van der Waals surface area contributed by atoms with Crippen LogP contribution in [0.25, 0.3) is 11.1 Å². The molecule has 0 saturated heterocycles. The molecule has 19 heavy (non-hydrogen) atoms. The summed E-state index contributed by atoms with van der Waals surface area (Å²) in [5, 5.41) is 4.46. The second-order valence-corrected chi connectivity index (χ2v) is 4.62. The lowest BCUT2D eigenvalue weighted by atomic mass is 9.99. The molecule has 4 heteroatoms. The molecule has 0 aliphatic carbocycles. The van der Waals surface area contributed by atoms with Crippen LogP contribution < -0.4 is 10.5 Å². The highest BCUT2D eigenvalue weighted by Gasteiger charge is 2.15. The number of nitrogens with zero attached hydrogens (tertiary/aromatic N) is 2. The second kappa shape index (κ2) is 5.45. The van der Waals surface area contributed by atoms with Crippen molar-refractivity contribution in [3.05, 3.63) is 35.2 Å². The Morgan fingerprint density at radius 1 is 1.37 bits per heavy atom. The molecule has 1 heterocycles. The lowest BCUT2D eigenvalue weighted by Crippen LogP contribution is -2.00. The van der Waals surface area contributed by atoms with Gasteiger partial charge in [0.2, 0.25) is 0 Å². The Hall–Kier alpha value is -1.81. The summed E-state index contributed by atoms with van der Waals surface area (Å²) in [5.74, 6) is 0.932. The Morgan fingerprint density at radius 2 is 2.11 bits per heavy atom. The van der Waals surface area contributed by atoms with Crippen LogP contribution in [-0.2, 0) is 20.0 Å². The Kier molecular flexibility index (Phi) is 3.90. The quantitative estimate of drug-likeness (QED) is 0.917. The van der Waals surface area contributed by atoms with Gasteiger partial charge in [-0.3, -0.25) is 4.68 Å². The van der Waals surface area contributed by atoms with Gasteiger partial charge < -0.3 is 10.5 Å². The van der Waals surface area contributed by atoms with E-state index in [0.717, 1.165) is 34.7 Å². The van der Waals surface area contributed by atoms with E-state index in [1.807, 2.05) is 17.8 Å². The number of rotatable bonds is 4. The zero-order chi connectivity index (χ0) is 14.0. The number of ether oxygens (including phenoxy) is 1. The topological polar surface area (TPSA) is 53.1 Å². The van der Waals surface area contributed by atoms with Gasteiger partial charge in [-0.15, -0.1) is 0 Å². The van der Waals surface area contributed by atoms with Crippen LogP contribution in [0.2, 0.25) is 0 Å². The molecule has 2 aromatic rings. The van der Waals surface area contributed by atoms with E-state index in [2.05, 4.69) is 31.1 Å². The monoisotopic (exact) mass is 259 g/mol. The first-order valence-electron chi connectivity index (χ1n) is 6.52. The van der Waals surface area contributed by atoms with Gasteiger partial charge >= 0.3 is 0 Å². The average molecular weight is 259 g/mol. The maximum atomic E-state index is 5.80. The number of benzene rings is 1. The number of nitrogens with two attached hydrogens (primary N) is 1. The second-order valence-electron chi connectivity index (χ2n) is 4.62. The zero-order valence-electron chi connectivity index (χ0n) is 12.0. The molecule has 0 bridgehead atoms. The van der Waals surface area contributed by atoms with Crippen LogP contribution in [0.15, 0.2) is 18.2 Å². The fourth-order valence-corrected chi connectivity index (χ4v) is 2.41. The average Bonchev–Trinajstić information content (AvgIpc) is 2.73. The Labute approximate surface area is 114 Å². The number of aromatic nitrogens is 2. The number of hydrogen-bond acceptors (Lipinski definition) is 3. The molecule has 0 fully saturated rings. The van der Waals surface area contributed by atoms with E-state index in [-0.39, 0.29) is 0 Å². The van der Waals surface area contributed by atoms with Crippen LogP contribution in [0.5, 0.6) is 5.75 Å². The molecular formula is C15H21N3O. The van der Waals surface area contributed by atoms with Crippen LogP contribution >= 0.6 is 0 Å². The molecule has 0 unspecified atom stereocenters. The van der Waals surface area contributed by atoms with Crippen molar-refractivity contribution in [2.24, 2.45) is 12.8 Å². The number of aryl methyl sites for hydroxylation is 2. The molecule has 0 spiro atoms. The van der Waals surface area contributed by atoms with Crippen LogP contribution in [0, 0.1) is 6.92 Å². The van der Waals surface area contributed by atoms with E-state index in [0.29, 0.717) is 6.54 Å². The normalized spacial score (nSPS) is 10.8. The van der Waals surface area contributed by atoms with E-state index >= 15 is 0 Å². The third-order valence-corrected chi connectivity index (χ3v) is 3.55. The van der Waals surface area contributed by atoms with E-state index in [4.69, 9.17) is 10.5 Å². The molecule has 102 valence electrons. The number of hydrogen-bond donors (Lipinski definition) is 1. The number of methoxy groups -OCH3 is 1. The first-order chi connectivity index (χ1) is 9.12. The van der Waals surface area contributed by atoms with Gasteiger partial charge in [-0.2, -0.15) is 5.10 Å². The van der Waals surface area contributed by atoms with Gasteiger partial charge in [0.25, 0.3) is 0 Å². The lowest BCUT2D eigenvalue weighted by molar-refractivity contribution is 0.410. The maximum absolute atomic E-state index is 5.80. The van der Waals surface area contributed by atoms with Crippen molar-refractivity contribution in [2.45, 2.75) is 26.8 Å². The molecule has 1 aromatic heterocycles. The Balaban J connectivity index is 2.59. The van der Waals surface area contributed by atoms with Crippen LogP contribution in [0.1, 0.15) is 23.9 Å². The highest BCUT2D eigenvalue weighted by atomic mass is 16.5. The standard InChI is InChI=1S/C15H21N3O/c1-5-11-8-12(6-7-14(11)19-4)15-10(2)18(3)17-13(15)9-16/h6-8H,5,9,16H2,1-4H3. The minimum absolute atomic E-state index is 0.449. The van der Waals surface area contributed by atoms with Crippen molar-refractivity contribution in [3.8, 4) is 16.9 Å². The molecule has 0 aliphatic heterocycles. The van der Waals surface area contributed by atoms with Crippen molar-refractivity contribution in [1.29, 1.82) is 0 Å². The molecule has 2 rings (SSSR count). The molecule has 0 atom stereocenters. The summed E-state index contributed by atoms with van der Waals surface area (Å²) >= 11 is 0. The van der Waals surface area contributed by atoms with Crippen LogP contribution in [0.4, 0.5) is 0 Å². The molecule has 0 amide bonds. The predicted molar refractivity (Wildman–Crippen MR) is 77.2 cm³/mol.